The zero-order chi connectivity index (χ0) is 25.5. The number of methoxy groups -OCH3 is 3. The molecular weight excluding hydrogens is 478 g/mol. The summed E-state index contributed by atoms with van der Waals surface area (Å²) in [5.74, 6) is 3.38. The average Bonchev–Trinajstić information content (AvgIpc) is 3.61. The number of ketones is 1. The third-order valence-electron chi connectivity index (χ3n) is 6.63. The Bertz CT molecular complexity index is 1140. The van der Waals surface area contributed by atoms with E-state index in [0.717, 1.165) is 29.1 Å². The quantitative estimate of drug-likeness (QED) is 0.345. The molecule has 1 saturated heterocycles. The van der Waals surface area contributed by atoms with Gasteiger partial charge >= 0.3 is 0 Å². The lowest BCUT2D eigenvalue weighted by atomic mass is 9.95. The Hall–Kier alpha value is -3.33. The number of amides is 1. The Morgan fingerprint density at radius 1 is 1.06 bits per heavy atom. The molecule has 1 amide bonds. The summed E-state index contributed by atoms with van der Waals surface area (Å²) in [7, 11) is 4.82. The first-order chi connectivity index (χ1) is 17.5. The summed E-state index contributed by atoms with van der Waals surface area (Å²) in [4.78, 5) is 32.2. The van der Waals surface area contributed by atoms with E-state index >= 15 is 0 Å². The highest BCUT2D eigenvalue weighted by atomic mass is 32.1. The number of aromatic nitrogens is 2. The third kappa shape index (κ3) is 5.90. The number of imidazole rings is 1. The molecule has 3 aromatic rings. The maximum absolute atomic E-state index is 12.7. The normalized spacial score (nSPS) is 14.0. The van der Waals surface area contributed by atoms with Crippen LogP contribution in [0.1, 0.15) is 59.1 Å². The van der Waals surface area contributed by atoms with Crippen LogP contribution in [0.15, 0.2) is 42.0 Å². The van der Waals surface area contributed by atoms with Crippen molar-refractivity contribution < 1.29 is 23.8 Å². The van der Waals surface area contributed by atoms with Gasteiger partial charge in [0.25, 0.3) is 0 Å². The Morgan fingerprint density at radius 2 is 1.78 bits per heavy atom. The lowest BCUT2D eigenvalue weighted by Gasteiger charge is -2.32. The number of ether oxygens (including phenoxy) is 3. The Balaban J connectivity index is 1.32. The predicted molar refractivity (Wildman–Crippen MR) is 138 cm³/mol. The minimum absolute atomic E-state index is 0.121. The number of likely N-dealkylation sites (tertiary alicyclic amines) is 1. The highest BCUT2D eigenvalue weighted by Gasteiger charge is 2.26. The van der Waals surface area contributed by atoms with E-state index in [1.54, 1.807) is 21.3 Å². The van der Waals surface area contributed by atoms with Gasteiger partial charge in [0.1, 0.15) is 5.82 Å². The molecule has 1 aromatic carbocycles. The monoisotopic (exact) mass is 511 g/mol. The largest absolute Gasteiger partial charge is 0.493 e. The van der Waals surface area contributed by atoms with Crippen LogP contribution < -0.4 is 14.2 Å². The zero-order valence-electron chi connectivity index (χ0n) is 21.1. The number of piperidine rings is 1. The number of thiophene rings is 1. The molecule has 0 saturated carbocycles. The molecule has 4 rings (SSSR count). The summed E-state index contributed by atoms with van der Waals surface area (Å²) in [6.45, 7) is 2.04. The predicted octanol–water partition coefficient (Wildman–Crippen LogP) is 4.78. The minimum Gasteiger partial charge on any atom is -0.493 e. The topological polar surface area (TPSA) is 82.9 Å². The van der Waals surface area contributed by atoms with E-state index < -0.39 is 0 Å². The molecule has 0 N–H and O–H groups in total. The smallest absolute Gasteiger partial charge is 0.222 e. The first-order valence-corrected chi connectivity index (χ1v) is 13.1. The van der Waals surface area contributed by atoms with Gasteiger partial charge in [-0.2, -0.15) is 0 Å². The van der Waals surface area contributed by atoms with Crippen molar-refractivity contribution in [3.63, 3.8) is 0 Å². The summed E-state index contributed by atoms with van der Waals surface area (Å²) < 4.78 is 18.6. The standard InChI is InChI=1S/C27H33N3O5S/c1-33-22-16-19(17-23(34-2)26(22)35-3)18-30-14-11-28-27(30)20-9-12-29(13-10-20)25(32)8-4-6-21(31)24-7-5-15-36-24/h5,7,11,14-17,20H,4,6,8-10,12-13,18H2,1-3H3. The first-order valence-electron chi connectivity index (χ1n) is 12.2. The van der Waals surface area contributed by atoms with Crippen LogP contribution in [0.25, 0.3) is 0 Å². The maximum Gasteiger partial charge on any atom is 0.222 e. The van der Waals surface area contributed by atoms with Crippen LogP contribution in [-0.4, -0.2) is 60.6 Å². The van der Waals surface area contributed by atoms with Gasteiger partial charge in [-0.1, -0.05) is 6.07 Å². The number of carbonyl (C=O) groups is 2. The molecule has 2 aromatic heterocycles. The molecule has 0 atom stereocenters. The lowest BCUT2D eigenvalue weighted by Crippen LogP contribution is -2.38. The van der Waals surface area contributed by atoms with E-state index in [1.165, 1.54) is 11.3 Å². The minimum atomic E-state index is 0.121. The van der Waals surface area contributed by atoms with Crippen LogP contribution in [0.5, 0.6) is 17.2 Å². The Morgan fingerprint density at radius 3 is 2.39 bits per heavy atom. The first kappa shape index (κ1) is 25.8. The van der Waals surface area contributed by atoms with Crippen molar-refractivity contribution in [1.29, 1.82) is 0 Å². The second-order valence-corrected chi connectivity index (χ2v) is 9.80. The summed E-state index contributed by atoms with van der Waals surface area (Å²) in [6.07, 6.45) is 6.97. The van der Waals surface area contributed by atoms with Crippen LogP contribution in [-0.2, 0) is 11.3 Å². The average molecular weight is 512 g/mol. The highest BCUT2D eigenvalue weighted by Crippen LogP contribution is 2.38. The second-order valence-electron chi connectivity index (χ2n) is 8.86. The molecule has 0 unspecified atom stereocenters. The summed E-state index contributed by atoms with van der Waals surface area (Å²) in [5, 5.41) is 1.90. The van der Waals surface area contributed by atoms with Crippen LogP contribution >= 0.6 is 11.3 Å². The van der Waals surface area contributed by atoms with Crippen molar-refractivity contribution in [3.8, 4) is 17.2 Å². The third-order valence-corrected chi connectivity index (χ3v) is 7.54. The van der Waals surface area contributed by atoms with E-state index in [1.807, 2.05) is 46.9 Å². The number of nitrogens with zero attached hydrogens (tertiary/aromatic N) is 3. The number of hydrogen-bond donors (Lipinski definition) is 0. The molecule has 36 heavy (non-hydrogen) atoms. The van der Waals surface area contributed by atoms with E-state index in [9.17, 15) is 9.59 Å². The molecule has 9 heteroatoms. The van der Waals surface area contributed by atoms with Gasteiger partial charge in [0.15, 0.2) is 17.3 Å². The van der Waals surface area contributed by atoms with Crippen molar-refractivity contribution >= 4 is 23.0 Å². The number of rotatable bonds is 11. The molecule has 192 valence electrons. The molecule has 0 radical (unpaired) electrons. The molecule has 0 spiro atoms. The molecule has 0 aliphatic carbocycles. The van der Waals surface area contributed by atoms with Gasteiger partial charge in [-0.15, -0.1) is 11.3 Å². The van der Waals surface area contributed by atoms with Crippen LogP contribution in [0, 0.1) is 0 Å². The number of benzene rings is 1. The van der Waals surface area contributed by atoms with Gasteiger partial charge < -0.3 is 23.7 Å². The molecular formula is C27H33N3O5S. The van der Waals surface area contributed by atoms with Gasteiger partial charge in [-0.3, -0.25) is 9.59 Å². The molecule has 8 nitrogen and oxygen atoms in total. The molecule has 1 aliphatic heterocycles. The van der Waals surface area contributed by atoms with E-state index in [2.05, 4.69) is 9.55 Å². The molecule has 1 aliphatic rings. The van der Waals surface area contributed by atoms with Crippen molar-refractivity contribution in [1.82, 2.24) is 14.5 Å². The fraction of sp³-hybridized carbons (Fsp3) is 0.444. The highest BCUT2D eigenvalue weighted by molar-refractivity contribution is 7.12. The Labute approximate surface area is 215 Å². The Kier molecular flexibility index (Phi) is 8.64. The van der Waals surface area contributed by atoms with Gasteiger partial charge in [0.2, 0.25) is 11.7 Å². The van der Waals surface area contributed by atoms with E-state index in [-0.39, 0.29) is 17.6 Å². The van der Waals surface area contributed by atoms with Gasteiger partial charge in [0.05, 0.1) is 26.2 Å². The van der Waals surface area contributed by atoms with Crippen molar-refractivity contribution in [2.45, 2.75) is 44.6 Å². The maximum atomic E-state index is 12.7. The fourth-order valence-corrected chi connectivity index (χ4v) is 5.44. The van der Waals surface area contributed by atoms with Gasteiger partial charge in [-0.25, -0.2) is 4.98 Å². The number of hydrogen-bond acceptors (Lipinski definition) is 7. The summed E-state index contributed by atoms with van der Waals surface area (Å²) in [6, 6.07) is 7.62. The van der Waals surface area contributed by atoms with Gasteiger partial charge in [-0.05, 0) is 48.4 Å². The van der Waals surface area contributed by atoms with Crippen LogP contribution in [0.4, 0.5) is 0 Å². The SMILES string of the molecule is COc1cc(Cn2ccnc2C2CCN(C(=O)CCCC(=O)c3cccs3)CC2)cc(OC)c1OC. The van der Waals surface area contributed by atoms with E-state index in [4.69, 9.17) is 14.2 Å². The molecule has 3 heterocycles. The van der Waals surface area contributed by atoms with E-state index in [0.29, 0.717) is 56.1 Å². The van der Waals surface area contributed by atoms with Crippen LogP contribution in [0.2, 0.25) is 0 Å². The van der Waals surface area contributed by atoms with Crippen LogP contribution in [0.3, 0.4) is 0 Å². The molecule has 0 bridgehead atoms. The zero-order valence-corrected chi connectivity index (χ0v) is 21.9. The van der Waals surface area contributed by atoms with Gasteiger partial charge in [0, 0.05) is 50.8 Å². The number of Topliss-reactive ketones (excluding diaryl/α,β-unsaturated/α-hetero) is 1. The fourth-order valence-electron chi connectivity index (χ4n) is 4.74. The van der Waals surface area contributed by atoms with Crippen molar-refractivity contribution in [3.05, 3.63) is 58.3 Å². The lowest BCUT2D eigenvalue weighted by molar-refractivity contribution is -0.132. The van der Waals surface area contributed by atoms with Crippen molar-refractivity contribution in [2.24, 2.45) is 0 Å². The van der Waals surface area contributed by atoms with Crippen molar-refractivity contribution in [2.75, 3.05) is 34.4 Å². The summed E-state index contributed by atoms with van der Waals surface area (Å²) in [5.41, 5.74) is 1.02. The number of carbonyl (C=O) groups excluding carboxylic acids is 2. The molecule has 1 fully saturated rings. The summed E-state index contributed by atoms with van der Waals surface area (Å²) >= 11 is 1.45. The second kappa shape index (κ2) is 12.1.